The fourth-order valence-electron chi connectivity index (χ4n) is 2.68. The fourth-order valence-corrected chi connectivity index (χ4v) is 3.63. The highest BCUT2D eigenvalue weighted by Gasteiger charge is 2.20. The van der Waals surface area contributed by atoms with Crippen LogP contribution in [0.3, 0.4) is 0 Å². The lowest BCUT2D eigenvalue weighted by atomic mass is 10.2. The van der Waals surface area contributed by atoms with Gasteiger partial charge in [0.05, 0.1) is 33.4 Å². The molecule has 6 nitrogen and oxygen atoms in total. The molecule has 0 aliphatic carbocycles. The summed E-state index contributed by atoms with van der Waals surface area (Å²) in [4.78, 5) is 12.6. The van der Waals surface area contributed by atoms with E-state index in [4.69, 9.17) is 11.6 Å². The van der Waals surface area contributed by atoms with Gasteiger partial charge < -0.3 is 5.32 Å². The standard InChI is InChI=1S/C17H16ClFIN5O/c1-9-15(22-17(26)16-14(20)7-21-24(16)3)10(2)25(23-9)8-11-4-5-12(19)6-13(11)18/h4-7H,8H2,1-3H3,(H,22,26). The van der Waals surface area contributed by atoms with E-state index in [1.54, 1.807) is 24.0 Å². The molecule has 9 heteroatoms. The molecule has 0 saturated heterocycles. The molecule has 0 spiro atoms. The van der Waals surface area contributed by atoms with Gasteiger partial charge in [0.2, 0.25) is 0 Å². The van der Waals surface area contributed by atoms with Gasteiger partial charge in [0.15, 0.2) is 0 Å². The number of carbonyl (C=O) groups excluding carboxylic acids is 1. The monoisotopic (exact) mass is 487 g/mol. The van der Waals surface area contributed by atoms with Gasteiger partial charge in [0, 0.05) is 12.1 Å². The summed E-state index contributed by atoms with van der Waals surface area (Å²) in [7, 11) is 1.72. The average Bonchev–Trinajstić information content (AvgIpc) is 3.03. The number of amides is 1. The van der Waals surface area contributed by atoms with Crippen LogP contribution in [0.4, 0.5) is 10.1 Å². The quantitative estimate of drug-likeness (QED) is 0.567. The third-order valence-electron chi connectivity index (χ3n) is 4.06. The molecule has 0 aliphatic rings. The van der Waals surface area contributed by atoms with E-state index in [9.17, 15) is 9.18 Å². The summed E-state index contributed by atoms with van der Waals surface area (Å²) < 4.78 is 17.2. The van der Waals surface area contributed by atoms with E-state index in [1.165, 1.54) is 16.8 Å². The lowest BCUT2D eigenvalue weighted by Gasteiger charge is -2.09. The molecular weight excluding hydrogens is 472 g/mol. The molecule has 26 heavy (non-hydrogen) atoms. The average molecular weight is 488 g/mol. The predicted molar refractivity (Wildman–Crippen MR) is 106 cm³/mol. The molecular formula is C17H16ClFIN5O. The molecule has 0 bridgehead atoms. The number of hydrogen-bond acceptors (Lipinski definition) is 3. The first kappa shape index (κ1) is 18.8. The van der Waals surface area contributed by atoms with E-state index in [0.29, 0.717) is 28.6 Å². The van der Waals surface area contributed by atoms with Crippen molar-refractivity contribution in [1.29, 1.82) is 0 Å². The largest absolute Gasteiger partial charge is 0.317 e. The Labute approximate surface area is 168 Å². The molecule has 3 aromatic rings. The van der Waals surface area contributed by atoms with Gasteiger partial charge in [0.25, 0.3) is 5.91 Å². The van der Waals surface area contributed by atoms with Crippen LogP contribution < -0.4 is 5.32 Å². The summed E-state index contributed by atoms with van der Waals surface area (Å²) in [5, 5.41) is 11.8. The van der Waals surface area contributed by atoms with E-state index >= 15 is 0 Å². The maximum atomic E-state index is 13.2. The van der Waals surface area contributed by atoms with Crippen LogP contribution in [0, 0.1) is 23.2 Å². The van der Waals surface area contributed by atoms with E-state index < -0.39 is 0 Å². The van der Waals surface area contributed by atoms with Gasteiger partial charge in [-0.15, -0.1) is 0 Å². The number of nitrogens with one attached hydrogen (secondary N) is 1. The van der Waals surface area contributed by atoms with Crippen molar-refractivity contribution < 1.29 is 9.18 Å². The van der Waals surface area contributed by atoms with Crippen LogP contribution in [0.5, 0.6) is 0 Å². The second-order valence-corrected chi connectivity index (χ2v) is 7.43. The molecule has 0 atom stereocenters. The summed E-state index contributed by atoms with van der Waals surface area (Å²) in [5.41, 5.74) is 3.35. The van der Waals surface area contributed by atoms with Crippen LogP contribution in [-0.2, 0) is 13.6 Å². The van der Waals surface area contributed by atoms with Gasteiger partial charge in [-0.1, -0.05) is 17.7 Å². The second kappa shape index (κ2) is 7.36. The minimum atomic E-state index is -0.383. The van der Waals surface area contributed by atoms with Crippen molar-refractivity contribution >= 4 is 45.8 Å². The lowest BCUT2D eigenvalue weighted by molar-refractivity contribution is 0.101. The van der Waals surface area contributed by atoms with Crippen LogP contribution in [0.1, 0.15) is 27.4 Å². The molecule has 2 aromatic heterocycles. The minimum absolute atomic E-state index is 0.250. The highest BCUT2D eigenvalue weighted by molar-refractivity contribution is 14.1. The number of halogens is 3. The summed E-state index contributed by atoms with van der Waals surface area (Å²) >= 11 is 8.18. The van der Waals surface area contributed by atoms with Crippen LogP contribution in [-0.4, -0.2) is 25.5 Å². The molecule has 0 saturated carbocycles. The van der Waals surface area contributed by atoms with Crippen LogP contribution in [0.2, 0.25) is 5.02 Å². The number of aromatic nitrogens is 4. The van der Waals surface area contributed by atoms with Crippen molar-refractivity contribution in [3.05, 3.63) is 61.5 Å². The highest BCUT2D eigenvalue weighted by Crippen LogP contribution is 2.24. The van der Waals surface area contributed by atoms with Crippen molar-refractivity contribution in [3.8, 4) is 0 Å². The molecule has 0 fully saturated rings. The zero-order valence-corrected chi connectivity index (χ0v) is 17.3. The normalized spacial score (nSPS) is 11.0. The van der Waals surface area contributed by atoms with Gasteiger partial charge in [-0.3, -0.25) is 14.2 Å². The maximum absolute atomic E-state index is 13.2. The minimum Gasteiger partial charge on any atom is -0.317 e. The van der Waals surface area contributed by atoms with Gasteiger partial charge in [-0.05, 0) is 54.1 Å². The fraction of sp³-hybridized carbons (Fsp3) is 0.235. The predicted octanol–water partition coefficient (Wildman–Crippen LogP) is 3.93. The SMILES string of the molecule is Cc1nn(Cc2ccc(F)cc2Cl)c(C)c1NC(=O)c1c(I)cnn1C. The van der Waals surface area contributed by atoms with Crippen molar-refractivity contribution in [1.82, 2.24) is 19.6 Å². The first-order valence-electron chi connectivity index (χ1n) is 7.74. The number of anilines is 1. The Hall–Kier alpha value is -1.94. The molecule has 136 valence electrons. The summed E-state index contributed by atoms with van der Waals surface area (Å²) in [5.74, 6) is -0.634. The van der Waals surface area contributed by atoms with Crippen molar-refractivity contribution in [3.63, 3.8) is 0 Å². The van der Waals surface area contributed by atoms with E-state index in [-0.39, 0.29) is 11.7 Å². The van der Waals surface area contributed by atoms with Gasteiger partial charge in [-0.2, -0.15) is 10.2 Å². The molecule has 2 heterocycles. The number of carbonyl (C=O) groups is 1. The van der Waals surface area contributed by atoms with Gasteiger partial charge in [0.1, 0.15) is 11.5 Å². The van der Waals surface area contributed by atoms with E-state index in [1.807, 2.05) is 13.8 Å². The number of benzene rings is 1. The third-order valence-corrected chi connectivity index (χ3v) is 5.21. The van der Waals surface area contributed by atoms with Crippen LogP contribution in [0.25, 0.3) is 0 Å². The van der Waals surface area contributed by atoms with Crippen LogP contribution >= 0.6 is 34.2 Å². The highest BCUT2D eigenvalue weighted by atomic mass is 127. The Bertz CT molecular complexity index is 978. The molecule has 0 radical (unpaired) electrons. The Balaban J connectivity index is 1.87. The smallest absolute Gasteiger partial charge is 0.275 e. The van der Waals surface area contributed by atoms with Gasteiger partial charge in [-0.25, -0.2) is 4.39 Å². The van der Waals surface area contributed by atoms with E-state index in [0.717, 1.165) is 14.8 Å². The first-order chi connectivity index (χ1) is 12.3. The zero-order valence-electron chi connectivity index (χ0n) is 14.3. The number of aryl methyl sites for hydroxylation is 2. The first-order valence-corrected chi connectivity index (χ1v) is 9.20. The Morgan fingerprint density at radius 2 is 2.12 bits per heavy atom. The molecule has 1 N–H and O–H groups in total. The topological polar surface area (TPSA) is 64.7 Å². The summed E-state index contributed by atoms with van der Waals surface area (Å²) in [6.45, 7) is 4.06. The number of nitrogens with zero attached hydrogens (tertiary/aromatic N) is 4. The molecule has 0 aliphatic heterocycles. The Kier molecular flexibility index (Phi) is 5.33. The van der Waals surface area contributed by atoms with E-state index in [2.05, 4.69) is 38.1 Å². The molecule has 0 unspecified atom stereocenters. The Morgan fingerprint density at radius 1 is 1.38 bits per heavy atom. The lowest BCUT2D eigenvalue weighted by Crippen LogP contribution is -2.18. The van der Waals surface area contributed by atoms with Crippen LogP contribution in [0.15, 0.2) is 24.4 Å². The molecule has 1 aromatic carbocycles. The van der Waals surface area contributed by atoms with Crippen molar-refractivity contribution in [2.24, 2.45) is 7.05 Å². The van der Waals surface area contributed by atoms with Crippen molar-refractivity contribution in [2.45, 2.75) is 20.4 Å². The summed E-state index contributed by atoms with van der Waals surface area (Å²) in [6, 6.07) is 4.26. The Morgan fingerprint density at radius 3 is 2.73 bits per heavy atom. The van der Waals surface area contributed by atoms with Crippen molar-refractivity contribution in [2.75, 3.05) is 5.32 Å². The third kappa shape index (κ3) is 3.61. The number of hydrogen-bond donors (Lipinski definition) is 1. The number of rotatable bonds is 4. The molecule has 1 amide bonds. The second-order valence-electron chi connectivity index (χ2n) is 5.86. The summed E-state index contributed by atoms with van der Waals surface area (Å²) in [6.07, 6.45) is 1.63. The zero-order chi connectivity index (χ0) is 19.0. The maximum Gasteiger partial charge on any atom is 0.275 e. The molecule has 3 rings (SSSR count). The van der Waals surface area contributed by atoms with Gasteiger partial charge >= 0.3 is 0 Å².